The molecule has 2 heterocycles. The number of ether oxygens (including phenoxy) is 10. The number of rotatable bonds is 19. The fourth-order valence-corrected chi connectivity index (χ4v) is 7.99. The Balaban J connectivity index is 1.20. The molecule has 2 aliphatic rings. The smallest absolute Gasteiger partial charge is 0.338 e. The first-order chi connectivity index (χ1) is 34.2. The van der Waals surface area contributed by atoms with Gasteiger partial charge in [-0.3, -0.25) is 0 Å². The lowest BCUT2D eigenvalue weighted by Gasteiger charge is -2.48. The number of carbonyl (C=O) groups is 4. The summed E-state index contributed by atoms with van der Waals surface area (Å²) in [6.07, 6.45) is -14.7. The second-order valence-corrected chi connectivity index (χ2v) is 16.3. The Morgan fingerprint density at radius 1 is 0.443 bits per heavy atom. The van der Waals surface area contributed by atoms with E-state index in [2.05, 4.69) is 0 Å². The quantitative estimate of drug-likeness (QED) is 0.0638. The molecule has 0 amide bonds. The van der Waals surface area contributed by atoms with Crippen molar-refractivity contribution in [1.82, 2.24) is 0 Å². The number of hydrogen-bond donors (Lipinski definition) is 1. The van der Waals surface area contributed by atoms with Gasteiger partial charge >= 0.3 is 23.9 Å². The molecule has 0 saturated carbocycles. The monoisotopic (exact) mass is 952 g/mol. The Morgan fingerprint density at radius 3 is 1.33 bits per heavy atom. The largest absolute Gasteiger partial charge is 0.459 e. The average Bonchev–Trinajstić information content (AvgIpc) is 3.41. The van der Waals surface area contributed by atoms with Gasteiger partial charge in [-0.1, -0.05) is 133 Å². The number of methoxy groups -OCH3 is 1. The van der Waals surface area contributed by atoms with Gasteiger partial charge in [-0.15, -0.1) is 0 Å². The molecule has 2 aliphatic heterocycles. The molecule has 8 rings (SSSR count). The molecule has 362 valence electrons. The van der Waals surface area contributed by atoms with Crippen molar-refractivity contribution < 1.29 is 71.7 Å². The minimum absolute atomic E-state index is 0.0474. The highest BCUT2D eigenvalue weighted by Gasteiger charge is 2.56. The standard InChI is InChI=1S/C55H52O15/c1-61-54-47(63-33-37-22-10-3-11-23-37)44(56)45(42(65-54)34-62-32-36-20-8-2-9-21-36)70-55-49(69-53(60)41-30-18-7-19-31-41)48(68-52(59)40-28-16-6-17-29-40)46(67-51(58)39-26-14-5-15-27-39)43(66-55)35-64-50(57)38-24-12-4-13-25-38/h2-31,42-49,54-56H,32-35H2,1H3/t42-,43-,44+,45-,46-,47-,48+,49-,54+,55+/m1/s1. The summed E-state index contributed by atoms with van der Waals surface area (Å²) in [6.45, 7) is -0.551. The molecule has 1 N–H and O–H groups in total. The number of hydrogen-bond acceptors (Lipinski definition) is 15. The van der Waals surface area contributed by atoms with Gasteiger partial charge in [-0.05, 0) is 59.7 Å². The lowest BCUT2D eigenvalue weighted by Crippen LogP contribution is -2.66. The maximum absolute atomic E-state index is 14.2. The van der Waals surface area contributed by atoms with Crippen molar-refractivity contribution >= 4 is 23.9 Å². The van der Waals surface area contributed by atoms with Gasteiger partial charge in [0.15, 0.2) is 30.9 Å². The molecule has 0 aromatic heterocycles. The van der Waals surface area contributed by atoms with Crippen LogP contribution in [0.15, 0.2) is 182 Å². The fraction of sp³-hybridized carbons (Fsp3) is 0.273. The zero-order chi connectivity index (χ0) is 48.7. The van der Waals surface area contributed by atoms with E-state index in [0.717, 1.165) is 11.1 Å². The van der Waals surface area contributed by atoms with E-state index >= 15 is 0 Å². The van der Waals surface area contributed by atoms with Crippen LogP contribution in [0, 0.1) is 0 Å². The van der Waals surface area contributed by atoms with E-state index in [0.29, 0.717) is 0 Å². The summed E-state index contributed by atoms with van der Waals surface area (Å²) >= 11 is 0. The van der Waals surface area contributed by atoms with E-state index in [1.807, 2.05) is 60.7 Å². The molecule has 0 bridgehead atoms. The number of benzene rings is 6. The summed E-state index contributed by atoms with van der Waals surface area (Å²) < 4.78 is 62.6. The SMILES string of the molecule is CO[C@H]1O[C@H](COCc2ccccc2)[C@@H](O[C@@H]2O[C@H](COC(=O)c3ccccc3)[C@@H](OC(=O)c3ccccc3)[C@H](OC(=O)c3ccccc3)[C@H]2OC(=O)c2ccccc2)[C@H](O)[C@H]1OCc1ccccc1. The minimum Gasteiger partial charge on any atom is -0.459 e. The van der Waals surface area contributed by atoms with Crippen molar-refractivity contribution in [1.29, 1.82) is 0 Å². The first-order valence-corrected chi connectivity index (χ1v) is 22.7. The van der Waals surface area contributed by atoms with Crippen molar-refractivity contribution in [2.75, 3.05) is 20.3 Å². The lowest BCUT2D eigenvalue weighted by molar-refractivity contribution is -0.360. The van der Waals surface area contributed by atoms with Crippen LogP contribution in [0.1, 0.15) is 52.6 Å². The van der Waals surface area contributed by atoms with Crippen molar-refractivity contribution in [2.24, 2.45) is 0 Å². The van der Waals surface area contributed by atoms with E-state index in [1.165, 1.54) is 43.5 Å². The molecule has 10 atom stereocenters. The number of esters is 4. The predicted molar refractivity (Wildman–Crippen MR) is 250 cm³/mol. The Kier molecular flexibility index (Phi) is 17.2. The van der Waals surface area contributed by atoms with Crippen molar-refractivity contribution in [2.45, 2.75) is 74.6 Å². The lowest BCUT2D eigenvalue weighted by atomic mass is 9.96. The van der Waals surface area contributed by atoms with Gasteiger partial charge in [0.2, 0.25) is 0 Å². The van der Waals surface area contributed by atoms with E-state index < -0.39 is 91.9 Å². The van der Waals surface area contributed by atoms with Crippen LogP contribution in [0.25, 0.3) is 0 Å². The summed E-state index contributed by atoms with van der Waals surface area (Å²) in [5, 5.41) is 12.4. The highest BCUT2D eigenvalue weighted by atomic mass is 16.8. The Hall–Kier alpha value is -7.08. The summed E-state index contributed by atoms with van der Waals surface area (Å²) in [4.78, 5) is 56.1. The van der Waals surface area contributed by atoms with Crippen LogP contribution >= 0.6 is 0 Å². The maximum Gasteiger partial charge on any atom is 0.338 e. The molecule has 15 heteroatoms. The van der Waals surface area contributed by atoms with Crippen LogP contribution in [0.3, 0.4) is 0 Å². The molecular formula is C55H52O15. The summed E-state index contributed by atoms with van der Waals surface area (Å²) in [5.41, 5.74) is 2.21. The number of aliphatic hydroxyl groups excluding tert-OH is 1. The second-order valence-electron chi connectivity index (χ2n) is 16.3. The summed E-state index contributed by atoms with van der Waals surface area (Å²) in [7, 11) is 1.41. The molecule has 70 heavy (non-hydrogen) atoms. The molecule has 0 spiro atoms. The molecule has 0 radical (unpaired) electrons. The van der Waals surface area contributed by atoms with Crippen LogP contribution in [-0.2, 0) is 60.6 Å². The first kappa shape index (κ1) is 49.3. The van der Waals surface area contributed by atoms with Crippen molar-refractivity contribution in [3.05, 3.63) is 215 Å². The van der Waals surface area contributed by atoms with Gasteiger partial charge in [0.05, 0.1) is 42.1 Å². The second kappa shape index (κ2) is 24.5. The van der Waals surface area contributed by atoms with Gasteiger partial charge in [-0.25, -0.2) is 19.2 Å². The average molecular weight is 953 g/mol. The Morgan fingerprint density at radius 2 is 0.843 bits per heavy atom. The zero-order valence-electron chi connectivity index (χ0n) is 38.1. The van der Waals surface area contributed by atoms with E-state index in [-0.39, 0.29) is 42.1 Å². The van der Waals surface area contributed by atoms with Gasteiger partial charge in [0.1, 0.15) is 37.1 Å². The third-order valence-corrected chi connectivity index (χ3v) is 11.6. The third kappa shape index (κ3) is 12.8. The number of carbonyl (C=O) groups excluding carboxylic acids is 4. The third-order valence-electron chi connectivity index (χ3n) is 11.6. The molecule has 6 aromatic rings. The van der Waals surface area contributed by atoms with E-state index in [1.54, 1.807) is 84.9 Å². The molecule has 0 aliphatic carbocycles. The molecular weight excluding hydrogens is 901 g/mol. The van der Waals surface area contributed by atoms with Gasteiger partial charge in [0.25, 0.3) is 0 Å². The molecule has 0 unspecified atom stereocenters. The number of aliphatic hydroxyl groups is 1. The van der Waals surface area contributed by atoms with Crippen molar-refractivity contribution in [3.8, 4) is 0 Å². The van der Waals surface area contributed by atoms with Crippen LogP contribution in [0.5, 0.6) is 0 Å². The highest BCUT2D eigenvalue weighted by molar-refractivity contribution is 5.91. The normalized spacial score (nSPS) is 24.1. The highest BCUT2D eigenvalue weighted by Crippen LogP contribution is 2.36. The van der Waals surface area contributed by atoms with Crippen molar-refractivity contribution in [3.63, 3.8) is 0 Å². The van der Waals surface area contributed by atoms with Gasteiger partial charge < -0.3 is 52.5 Å². The van der Waals surface area contributed by atoms with Gasteiger partial charge in [-0.2, -0.15) is 0 Å². The molecule has 2 fully saturated rings. The van der Waals surface area contributed by atoms with Crippen LogP contribution in [-0.4, -0.2) is 111 Å². The maximum atomic E-state index is 14.2. The topological polar surface area (TPSA) is 181 Å². The Bertz CT molecular complexity index is 2570. The van der Waals surface area contributed by atoms with Gasteiger partial charge in [0, 0.05) is 7.11 Å². The molecule has 2 saturated heterocycles. The van der Waals surface area contributed by atoms with Crippen LogP contribution in [0.2, 0.25) is 0 Å². The predicted octanol–water partition coefficient (Wildman–Crippen LogP) is 7.16. The minimum atomic E-state index is -1.78. The summed E-state index contributed by atoms with van der Waals surface area (Å²) in [5.74, 6) is -3.39. The van der Waals surface area contributed by atoms with Crippen LogP contribution < -0.4 is 0 Å². The van der Waals surface area contributed by atoms with E-state index in [4.69, 9.17) is 47.4 Å². The first-order valence-electron chi connectivity index (χ1n) is 22.7. The fourth-order valence-electron chi connectivity index (χ4n) is 7.99. The zero-order valence-corrected chi connectivity index (χ0v) is 38.1. The van der Waals surface area contributed by atoms with E-state index in [9.17, 15) is 24.3 Å². The molecule has 15 nitrogen and oxygen atoms in total. The Labute approximate surface area is 404 Å². The molecule has 6 aromatic carbocycles. The van der Waals surface area contributed by atoms with Crippen LogP contribution in [0.4, 0.5) is 0 Å². The summed E-state index contributed by atoms with van der Waals surface area (Å²) in [6, 6.07) is 50.9.